The Labute approximate surface area is 270 Å². The van der Waals surface area contributed by atoms with Crippen molar-refractivity contribution < 1.29 is 34.0 Å². The molecule has 0 fully saturated rings. The molecule has 234 valence electrons. The van der Waals surface area contributed by atoms with E-state index in [0.717, 1.165) is 11.1 Å². The van der Waals surface area contributed by atoms with Gasteiger partial charge in [-0.05, 0) is 53.9 Å². The molecule has 1 atom stereocenters. The third-order valence-electron chi connectivity index (χ3n) is 7.52. The second kappa shape index (κ2) is 14.2. The molecule has 0 aromatic heterocycles. The van der Waals surface area contributed by atoms with Crippen LogP contribution < -0.4 is 24.3 Å². The highest BCUT2D eigenvalue weighted by Crippen LogP contribution is 2.37. The Bertz CT molecular complexity index is 1850. The number of hydrogen-bond donors (Lipinski definition) is 3. The number of nitrogens with zero attached hydrogens (tertiary/aromatic N) is 2. The number of nitriles is 2. The van der Waals surface area contributed by atoms with E-state index in [1.807, 2.05) is 36.4 Å². The fourth-order valence-corrected chi connectivity index (χ4v) is 5.04. The Hall–Kier alpha value is -5.26. The summed E-state index contributed by atoms with van der Waals surface area (Å²) in [5.74, 6) is 0.684. The van der Waals surface area contributed by atoms with Gasteiger partial charge in [-0.3, -0.25) is 10.1 Å². The monoisotopic (exact) mass is 639 g/mol. The third kappa shape index (κ3) is 7.17. The maximum atomic E-state index is 11.7. The van der Waals surface area contributed by atoms with Crippen LogP contribution in [-0.2, 0) is 24.6 Å². The van der Waals surface area contributed by atoms with Crippen molar-refractivity contribution in [3.63, 3.8) is 0 Å². The van der Waals surface area contributed by atoms with Gasteiger partial charge in [-0.15, -0.1) is 0 Å². The van der Waals surface area contributed by atoms with Crippen molar-refractivity contribution in [2.24, 2.45) is 0 Å². The molecule has 0 radical (unpaired) electrons. The van der Waals surface area contributed by atoms with Crippen molar-refractivity contribution >= 4 is 17.6 Å². The molecule has 1 aliphatic heterocycles. The van der Waals surface area contributed by atoms with Gasteiger partial charge < -0.3 is 29.2 Å². The molecule has 0 amide bonds. The second-order valence-electron chi connectivity index (χ2n) is 10.7. The number of halogens is 1. The number of aliphatic hydroxyl groups is 1. The predicted molar refractivity (Wildman–Crippen MR) is 169 cm³/mol. The Balaban J connectivity index is 1.41. The van der Waals surface area contributed by atoms with Crippen LogP contribution in [0.2, 0.25) is 5.02 Å². The fourth-order valence-electron chi connectivity index (χ4n) is 4.80. The zero-order chi connectivity index (χ0) is 32.7. The molecule has 4 aromatic carbocycles. The first-order chi connectivity index (χ1) is 22.2. The number of carboxylic acid groups (broad SMARTS) is 1. The highest BCUT2D eigenvalue weighted by Gasteiger charge is 2.32. The lowest BCUT2D eigenvalue weighted by Gasteiger charge is -2.25. The van der Waals surface area contributed by atoms with Crippen LogP contribution in [0.4, 0.5) is 0 Å². The van der Waals surface area contributed by atoms with E-state index in [9.17, 15) is 25.5 Å². The summed E-state index contributed by atoms with van der Waals surface area (Å²) in [6, 6.07) is 25.6. The van der Waals surface area contributed by atoms with Gasteiger partial charge in [0.05, 0.1) is 28.8 Å². The lowest BCUT2D eigenvalue weighted by molar-refractivity contribution is -0.145. The van der Waals surface area contributed by atoms with E-state index in [-0.39, 0.29) is 30.5 Å². The first kappa shape index (κ1) is 32.1. The summed E-state index contributed by atoms with van der Waals surface area (Å²) in [7, 11) is 0. The van der Waals surface area contributed by atoms with Crippen LogP contribution in [0.15, 0.2) is 72.8 Å². The standard InChI is InChI=1S/C35H30ClN3O7/c1-35(21-40,34(41)42)39-18-26-13-29(36)32(15-31(26)45-19-23-5-2-4-22(12-23)16-37)46-20-25-6-3-7-27(28(25)17-38)24-8-9-30-33(14-24)44-11-10-43-30/h2-9,12-15,39-40H,10-11,18-21H2,1H3,(H,41,42). The second-order valence-corrected chi connectivity index (χ2v) is 11.1. The normalized spacial score (nSPS) is 13.2. The smallest absolute Gasteiger partial charge is 0.326 e. The summed E-state index contributed by atoms with van der Waals surface area (Å²) >= 11 is 6.64. The summed E-state index contributed by atoms with van der Waals surface area (Å²) < 4.78 is 23.6. The fraction of sp³-hybridized carbons (Fsp3) is 0.229. The Morgan fingerprint density at radius 2 is 1.70 bits per heavy atom. The van der Waals surface area contributed by atoms with Gasteiger partial charge in [-0.25, -0.2) is 0 Å². The molecule has 11 heteroatoms. The van der Waals surface area contributed by atoms with E-state index in [1.165, 1.54) is 6.92 Å². The number of hydrogen-bond acceptors (Lipinski definition) is 9. The van der Waals surface area contributed by atoms with E-state index in [0.29, 0.717) is 58.3 Å². The van der Waals surface area contributed by atoms with Gasteiger partial charge in [-0.2, -0.15) is 10.5 Å². The zero-order valence-electron chi connectivity index (χ0n) is 24.9. The van der Waals surface area contributed by atoms with Crippen molar-refractivity contribution in [2.75, 3.05) is 19.8 Å². The highest BCUT2D eigenvalue weighted by atomic mass is 35.5. The van der Waals surface area contributed by atoms with E-state index >= 15 is 0 Å². The Morgan fingerprint density at radius 3 is 2.43 bits per heavy atom. The van der Waals surface area contributed by atoms with Gasteiger partial charge >= 0.3 is 5.97 Å². The van der Waals surface area contributed by atoms with Gasteiger partial charge in [0.2, 0.25) is 0 Å². The predicted octanol–water partition coefficient (Wildman–Crippen LogP) is 5.60. The van der Waals surface area contributed by atoms with Crippen molar-refractivity contribution in [1.29, 1.82) is 10.5 Å². The van der Waals surface area contributed by atoms with Crippen LogP contribution in [0.3, 0.4) is 0 Å². The van der Waals surface area contributed by atoms with Gasteiger partial charge in [0.1, 0.15) is 49.5 Å². The first-order valence-electron chi connectivity index (χ1n) is 14.3. The van der Waals surface area contributed by atoms with Gasteiger partial charge in [-0.1, -0.05) is 48.0 Å². The Kier molecular flexibility index (Phi) is 9.94. The van der Waals surface area contributed by atoms with Crippen LogP contribution in [0, 0.1) is 22.7 Å². The molecule has 0 spiro atoms. The first-order valence-corrected chi connectivity index (χ1v) is 14.7. The quantitative estimate of drug-likeness (QED) is 0.178. The van der Waals surface area contributed by atoms with Gasteiger partial charge in [0, 0.05) is 23.7 Å². The minimum absolute atomic E-state index is 0.00703. The largest absolute Gasteiger partial charge is 0.488 e. The maximum absolute atomic E-state index is 11.7. The molecule has 46 heavy (non-hydrogen) atoms. The number of nitrogens with one attached hydrogen (secondary N) is 1. The Morgan fingerprint density at radius 1 is 0.935 bits per heavy atom. The molecule has 0 aliphatic carbocycles. The van der Waals surface area contributed by atoms with Crippen molar-refractivity contribution in [3.05, 3.63) is 106 Å². The zero-order valence-corrected chi connectivity index (χ0v) is 25.6. The lowest BCUT2D eigenvalue weighted by atomic mass is 9.96. The molecule has 5 rings (SSSR count). The third-order valence-corrected chi connectivity index (χ3v) is 7.82. The minimum atomic E-state index is -1.60. The van der Waals surface area contributed by atoms with Crippen LogP contribution in [-0.4, -0.2) is 41.5 Å². The summed E-state index contributed by atoms with van der Waals surface area (Å²) in [6.07, 6.45) is 0. The number of carbonyl (C=O) groups is 1. The summed E-state index contributed by atoms with van der Waals surface area (Å²) in [5, 5.41) is 41.8. The van der Waals surface area contributed by atoms with Crippen LogP contribution in [0.25, 0.3) is 11.1 Å². The molecular weight excluding hydrogens is 610 g/mol. The molecule has 0 saturated heterocycles. The molecule has 10 nitrogen and oxygen atoms in total. The molecule has 1 unspecified atom stereocenters. The van der Waals surface area contributed by atoms with E-state index in [4.69, 9.17) is 30.5 Å². The van der Waals surface area contributed by atoms with E-state index in [2.05, 4.69) is 17.5 Å². The minimum Gasteiger partial charge on any atom is -0.488 e. The number of benzene rings is 4. The number of ether oxygens (including phenoxy) is 4. The average Bonchev–Trinajstić information content (AvgIpc) is 3.09. The number of carboxylic acids is 1. The molecule has 0 bridgehead atoms. The summed E-state index contributed by atoms with van der Waals surface area (Å²) in [4.78, 5) is 11.7. The number of aliphatic hydroxyl groups excluding tert-OH is 1. The van der Waals surface area contributed by atoms with Gasteiger partial charge in [0.25, 0.3) is 0 Å². The van der Waals surface area contributed by atoms with E-state index in [1.54, 1.807) is 36.4 Å². The maximum Gasteiger partial charge on any atom is 0.326 e. The van der Waals surface area contributed by atoms with Crippen molar-refractivity contribution in [1.82, 2.24) is 5.32 Å². The van der Waals surface area contributed by atoms with Crippen LogP contribution >= 0.6 is 11.6 Å². The molecular formula is C35H30ClN3O7. The lowest BCUT2D eigenvalue weighted by Crippen LogP contribution is -2.52. The molecule has 1 aliphatic rings. The van der Waals surface area contributed by atoms with Gasteiger partial charge in [0.15, 0.2) is 11.5 Å². The SMILES string of the molecule is CC(CO)(NCc1cc(Cl)c(OCc2cccc(-c3ccc4c(c3)OCCO4)c2C#N)cc1OCc1cccc(C#N)c1)C(=O)O. The summed E-state index contributed by atoms with van der Waals surface area (Å²) in [5.41, 5.74) is 2.72. The molecule has 3 N–H and O–H groups in total. The topological polar surface area (TPSA) is 154 Å². The average molecular weight is 640 g/mol. The number of rotatable bonds is 12. The molecule has 1 heterocycles. The highest BCUT2D eigenvalue weighted by molar-refractivity contribution is 6.32. The number of fused-ring (bicyclic) bond motifs is 1. The summed E-state index contributed by atoms with van der Waals surface area (Å²) in [6.45, 7) is 1.79. The van der Waals surface area contributed by atoms with Crippen molar-refractivity contribution in [2.45, 2.75) is 32.2 Å². The van der Waals surface area contributed by atoms with Crippen molar-refractivity contribution in [3.8, 4) is 46.3 Å². The number of aliphatic carboxylic acids is 1. The van der Waals surface area contributed by atoms with Crippen LogP contribution in [0.5, 0.6) is 23.0 Å². The van der Waals surface area contributed by atoms with Crippen LogP contribution in [0.1, 0.15) is 34.7 Å². The molecule has 0 saturated carbocycles. The van der Waals surface area contributed by atoms with E-state index < -0.39 is 18.1 Å². The molecule has 4 aromatic rings.